The highest BCUT2D eigenvalue weighted by atomic mass is 35.5. The average molecular weight is 1730 g/mol. The summed E-state index contributed by atoms with van der Waals surface area (Å²) in [5.74, 6) is 4.43. The van der Waals surface area contributed by atoms with Crippen LogP contribution in [0, 0.1) is 0 Å². The third kappa shape index (κ3) is 20.3. The summed E-state index contributed by atoms with van der Waals surface area (Å²) in [7, 11) is 0. The largest absolute Gasteiger partial charge is 0.226 e. The van der Waals surface area contributed by atoms with E-state index in [2.05, 4.69) is 245 Å². The van der Waals surface area contributed by atoms with Crippen LogP contribution in [-0.2, 0) is 0 Å². The van der Waals surface area contributed by atoms with Crippen LogP contribution in [0.4, 0.5) is 0 Å². The Labute approximate surface area is 761 Å². The van der Waals surface area contributed by atoms with Gasteiger partial charge in [-0.3, -0.25) is 0 Å². The van der Waals surface area contributed by atoms with E-state index >= 15 is 0 Å². The van der Waals surface area contributed by atoms with Crippen molar-refractivity contribution in [2.24, 2.45) is 0 Å². The molecule has 0 amide bonds. The van der Waals surface area contributed by atoms with Gasteiger partial charge in [-0.2, -0.15) is 39.9 Å². The highest BCUT2D eigenvalue weighted by Gasteiger charge is 2.20. The van der Waals surface area contributed by atoms with Gasteiger partial charge in [0.05, 0.1) is 0 Å². The Morgan fingerprint density at radius 3 is 0.664 bits per heavy atom. The smallest absolute Gasteiger partial charge is 0.208 e. The number of hydrogen-bond donors (Lipinski definition) is 0. The summed E-state index contributed by atoms with van der Waals surface area (Å²) >= 11 is 25.3. The molecule has 17 aromatic carbocycles. The molecule has 4 aromatic heterocycles. The van der Waals surface area contributed by atoms with Crippen molar-refractivity contribution in [3.05, 3.63) is 470 Å². The van der Waals surface area contributed by atoms with E-state index in [1.165, 1.54) is 16.5 Å². The zero-order valence-corrected chi connectivity index (χ0v) is 71.6. The van der Waals surface area contributed by atoms with Crippen LogP contribution in [0.15, 0.2) is 449 Å². The van der Waals surface area contributed by atoms with Gasteiger partial charge in [-0.1, -0.05) is 413 Å². The first-order valence-corrected chi connectivity index (χ1v) is 42.9. The fourth-order valence-electron chi connectivity index (χ4n) is 15.0. The van der Waals surface area contributed by atoms with Crippen molar-refractivity contribution in [2.45, 2.75) is 0 Å². The molecule has 12 nitrogen and oxygen atoms in total. The van der Waals surface area contributed by atoms with E-state index in [4.69, 9.17) is 61.4 Å². The molecule has 0 saturated carbocycles. The van der Waals surface area contributed by atoms with Crippen molar-refractivity contribution < 1.29 is 0 Å². The predicted octanol–water partition coefficient (Wildman–Crippen LogP) is 29.9. The molecule has 0 atom stereocenters. The highest BCUT2D eigenvalue weighted by molar-refractivity contribution is 6.29. The molecule has 4 heterocycles. The lowest BCUT2D eigenvalue weighted by Gasteiger charge is -2.12. The lowest BCUT2D eigenvalue weighted by Crippen LogP contribution is -1.99. The standard InChI is InChI=1S/C31H20ClN3.3C27H18ClN3/c32-31-34-29(25-16-15-23-13-7-8-14-24(23)17-25)33-30(35-31)28-19-26(21-9-3-1-4-10-21)18-27(20-28)22-11-5-2-6-12-22;28-27-30-25(23-17-9-7-15-21(23)19-11-3-1-4-12-19)29-26(31-27)24-18-10-8-16-22(24)20-13-5-2-6-14-20;28-27-30-25(23-15-7-13-21(17-23)19-9-3-1-4-10-19)29-26(31-27)24-16-8-14-22(18-24)20-11-5-2-6-12-20;28-27-30-25(23-15-11-21(12-16-23)19-7-3-1-4-8-19)29-26(31-27)24-17-13-22(14-18-24)20-9-5-2-6-10-20/h1-20H;3*1-18H. The van der Waals surface area contributed by atoms with Crippen molar-refractivity contribution in [2.75, 3.05) is 0 Å². The van der Waals surface area contributed by atoms with Crippen LogP contribution < -0.4 is 0 Å². The summed E-state index contributed by atoms with van der Waals surface area (Å²) in [6, 6.07) is 152. The van der Waals surface area contributed by atoms with Gasteiger partial charge >= 0.3 is 0 Å². The Balaban J connectivity index is 0.000000115. The van der Waals surface area contributed by atoms with Crippen LogP contribution in [0.25, 0.3) is 191 Å². The molecule has 21 rings (SSSR count). The number of nitrogens with zero attached hydrogens (tertiary/aromatic N) is 12. The van der Waals surface area contributed by atoms with Gasteiger partial charge in [-0.15, -0.1) is 0 Å². The first-order chi connectivity index (χ1) is 63.0. The van der Waals surface area contributed by atoms with Crippen molar-refractivity contribution in [1.82, 2.24) is 59.8 Å². The minimum atomic E-state index is 0.171. The predicted molar refractivity (Wildman–Crippen MR) is 524 cm³/mol. The average Bonchev–Trinajstić information content (AvgIpc) is 0.784. The Morgan fingerprint density at radius 2 is 0.312 bits per heavy atom. The molecule has 0 fully saturated rings. The maximum absolute atomic E-state index is 6.42. The van der Waals surface area contributed by atoms with Gasteiger partial charge in [0, 0.05) is 44.5 Å². The molecule has 0 bridgehead atoms. The van der Waals surface area contributed by atoms with E-state index in [0.29, 0.717) is 46.6 Å². The molecule has 0 aliphatic heterocycles. The molecule has 0 aliphatic carbocycles. The molecule has 0 spiro atoms. The summed E-state index contributed by atoms with van der Waals surface area (Å²) in [6.45, 7) is 0. The SMILES string of the molecule is Clc1nc(-c2cc(-c3ccccc3)cc(-c3ccccc3)c2)nc(-c2ccc3ccccc3c2)n1.Clc1nc(-c2ccc(-c3ccccc3)cc2)nc(-c2ccc(-c3ccccc3)cc2)n1.Clc1nc(-c2cccc(-c3ccccc3)c2)nc(-c2cccc(-c3ccccc3)c2)n1.Clc1nc(-c2ccccc2-c2ccccc2)nc(-c2ccccc2-c2ccccc2)n1. The molecular weight excluding hydrogens is 1660 g/mol. The fraction of sp³-hybridized carbons (Fsp3) is 0. The number of halogens is 4. The minimum absolute atomic E-state index is 0.171. The Kier molecular flexibility index (Phi) is 25.8. The second-order valence-corrected chi connectivity index (χ2v) is 31.1. The molecule has 0 N–H and O–H groups in total. The summed E-state index contributed by atoms with van der Waals surface area (Å²) in [4.78, 5) is 54.4. The number of fused-ring (bicyclic) bond motifs is 1. The van der Waals surface area contributed by atoms with Crippen molar-refractivity contribution in [1.29, 1.82) is 0 Å². The third-order valence-corrected chi connectivity index (χ3v) is 22.0. The van der Waals surface area contributed by atoms with Crippen LogP contribution >= 0.6 is 46.4 Å². The molecule has 16 heteroatoms. The van der Waals surface area contributed by atoms with Crippen molar-refractivity contribution >= 4 is 57.2 Å². The first-order valence-electron chi connectivity index (χ1n) is 41.4. The highest BCUT2D eigenvalue weighted by Crippen LogP contribution is 2.39. The van der Waals surface area contributed by atoms with Crippen LogP contribution in [0.2, 0.25) is 21.1 Å². The van der Waals surface area contributed by atoms with E-state index < -0.39 is 0 Å². The first kappa shape index (κ1) is 83.1. The number of hydrogen-bond acceptors (Lipinski definition) is 12. The van der Waals surface area contributed by atoms with Crippen molar-refractivity contribution in [3.8, 4) is 180 Å². The quantitative estimate of drug-likeness (QED) is 0.0904. The van der Waals surface area contributed by atoms with Gasteiger partial charge in [0.25, 0.3) is 0 Å². The zero-order chi connectivity index (χ0) is 86.8. The number of rotatable bonds is 16. The van der Waals surface area contributed by atoms with E-state index in [0.717, 1.165) is 128 Å². The van der Waals surface area contributed by atoms with E-state index in [1.807, 2.05) is 249 Å². The lowest BCUT2D eigenvalue weighted by atomic mass is 9.96. The van der Waals surface area contributed by atoms with E-state index in [-0.39, 0.29) is 21.1 Å². The Bertz CT molecular complexity index is 7030. The molecular formula is C112H74Cl4N12. The van der Waals surface area contributed by atoms with E-state index in [1.54, 1.807) is 0 Å². The molecule has 0 aliphatic rings. The summed E-state index contributed by atoms with van der Waals surface area (Å²) in [5, 5.41) is 2.99. The van der Waals surface area contributed by atoms with Gasteiger partial charge in [-0.25, -0.2) is 19.9 Å². The molecule has 0 radical (unpaired) electrons. The van der Waals surface area contributed by atoms with Crippen LogP contribution in [0.1, 0.15) is 0 Å². The molecule has 0 saturated heterocycles. The summed E-state index contributed by atoms with van der Waals surface area (Å²) in [5.41, 5.74) is 25.0. The van der Waals surface area contributed by atoms with Gasteiger partial charge in [0.2, 0.25) is 21.1 Å². The van der Waals surface area contributed by atoms with Crippen LogP contribution in [-0.4, -0.2) is 59.8 Å². The normalized spacial score (nSPS) is 10.8. The molecule has 0 unspecified atom stereocenters. The van der Waals surface area contributed by atoms with Crippen molar-refractivity contribution in [3.63, 3.8) is 0 Å². The van der Waals surface area contributed by atoms with Crippen LogP contribution in [0.3, 0.4) is 0 Å². The summed E-state index contributed by atoms with van der Waals surface area (Å²) < 4.78 is 0. The Hall–Kier alpha value is -15.8. The Morgan fingerprint density at radius 1 is 0.109 bits per heavy atom. The number of benzene rings is 17. The van der Waals surface area contributed by atoms with Gasteiger partial charge in [0.15, 0.2) is 46.6 Å². The third-order valence-electron chi connectivity index (χ3n) is 21.3. The lowest BCUT2D eigenvalue weighted by molar-refractivity contribution is 1.07. The maximum atomic E-state index is 6.42. The molecule has 128 heavy (non-hydrogen) atoms. The van der Waals surface area contributed by atoms with Gasteiger partial charge < -0.3 is 0 Å². The van der Waals surface area contributed by atoms with Gasteiger partial charge in [0.1, 0.15) is 0 Å². The minimum Gasteiger partial charge on any atom is -0.208 e. The zero-order valence-electron chi connectivity index (χ0n) is 68.6. The monoisotopic (exact) mass is 1730 g/mol. The molecule has 21 aromatic rings. The topological polar surface area (TPSA) is 155 Å². The molecule has 610 valence electrons. The van der Waals surface area contributed by atoms with Gasteiger partial charge in [-0.05, 0) is 183 Å². The van der Waals surface area contributed by atoms with Crippen LogP contribution in [0.5, 0.6) is 0 Å². The van der Waals surface area contributed by atoms with E-state index in [9.17, 15) is 0 Å². The maximum Gasteiger partial charge on any atom is 0.226 e. The second-order valence-electron chi connectivity index (χ2n) is 29.7. The summed E-state index contributed by atoms with van der Waals surface area (Å²) in [6.07, 6.45) is 0. The second kappa shape index (κ2) is 39.8. The number of aromatic nitrogens is 12. The fourth-order valence-corrected chi connectivity index (χ4v) is 15.7.